The largest absolute Gasteiger partial charge is 0.483 e. The molecule has 1 aliphatic heterocycles. The van der Waals surface area contributed by atoms with Crippen LogP contribution >= 0.6 is 15.9 Å². The molecule has 1 aliphatic rings. The molecule has 1 aromatic carbocycles. The molecule has 0 N–H and O–H groups in total. The van der Waals surface area contributed by atoms with E-state index in [4.69, 9.17) is 4.74 Å². The average Bonchev–Trinajstić information content (AvgIpc) is 2.38. The van der Waals surface area contributed by atoms with Crippen LogP contribution in [0.15, 0.2) is 22.7 Å². The van der Waals surface area contributed by atoms with Crippen LogP contribution in [0.1, 0.15) is 5.56 Å². The van der Waals surface area contributed by atoms with E-state index in [1.807, 2.05) is 30.0 Å². The van der Waals surface area contributed by atoms with E-state index in [0.29, 0.717) is 0 Å². The normalized spacial score (nSPS) is 16.5. The van der Waals surface area contributed by atoms with Gasteiger partial charge in [-0.2, -0.15) is 0 Å². The molecule has 0 saturated carbocycles. The molecule has 1 heterocycles. The number of nitrogens with zero attached hydrogens (tertiary/aromatic N) is 2. The van der Waals surface area contributed by atoms with Gasteiger partial charge in [0.05, 0.1) is 0 Å². The van der Waals surface area contributed by atoms with Gasteiger partial charge in [0.1, 0.15) is 5.75 Å². The maximum Gasteiger partial charge on any atom is 0.260 e. The predicted octanol–water partition coefficient (Wildman–Crippen LogP) is 1.91. The molecule has 0 aromatic heterocycles. The standard InChI is InChI=1S/C14H19BrN2O2/c1-11-9-12(15)3-4-13(11)19-10-14(18)17-7-5-16(2)6-8-17/h3-4,9H,5-8,10H2,1-2H3. The Morgan fingerprint density at radius 1 is 1.32 bits per heavy atom. The van der Waals surface area contributed by atoms with Crippen molar-refractivity contribution in [3.8, 4) is 5.75 Å². The summed E-state index contributed by atoms with van der Waals surface area (Å²) in [5.74, 6) is 0.834. The van der Waals surface area contributed by atoms with Gasteiger partial charge in [-0.05, 0) is 37.7 Å². The summed E-state index contributed by atoms with van der Waals surface area (Å²) >= 11 is 3.41. The quantitative estimate of drug-likeness (QED) is 0.850. The number of carbonyl (C=O) groups excluding carboxylic acids is 1. The summed E-state index contributed by atoms with van der Waals surface area (Å²) in [4.78, 5) is 16.1. The van der Waals surface area contributed by atoms with Crippen LogP contribution in [0, 0.1) is 6.92 Å². The molecule has 0 radical (unpaired) electrons. The number of aryl methyl sites for hydroxylation is 1. The van der Waals surface area contributed by atoms with Crippen molar-refractivity contribution in [1.82, 2.24) is 9.80 Å². The third-order valence-corrected chi connectivity index (χ3v) is 3.84. The minimum atomic E-state index is 0.0652. The van der Waals surface area contributed by atoms with E-state index in [-0.39, 0.29) is 12.5 Å². The number of carbonyl (C=O) groups is 1. The van der Waals surface area contributed by atoms with Crippen molar-refractivity contribution in [2.75, 3.05) is 39.8 Å². The van der Waals surface area contributed by atoms with Crippen molar-refractivity contribution in [3.63, 3.8) is 0 Å². The second-order valence-corrected chi connectivity index (χ2v) is 5.80. The van der Waals surface area contributed by atoms with Gasteiger partial charge in [-0.3, -0.25) is 4.79 Å². The average molecular weight is 327 g/mol. The monoisotopic (exact) mass is 326 g/mol. The molecule has 1 fully saturated rings. The zero-order valence-corrected chi connectivity index (χ0v) is 12.9. The number of halogens is 1. The maximum absolute atomic E-state index is 12.0. The van der Waals surface area contributed by atoms with Crippen LogP contribution in [0.3, 0.4) is 0 Å². The smallest absolute Gasteiger partial charge is 0.260 e. The van der Waals surface area contributed by atoms with E-state index in [9.17, 15) is 4.79 Å². The fourth-order valence-electron chi connectivity index (χ4n) is 2.06. The van der Waals surface area contributed by atoms with Gasteiger partial charge in [-0.15, -0.1) is 0 Å². The highest BCUT2D eigenvalue weighted by Gasteiger charge is 2.19. The highest BCUT2D eigenvalue weighted by Crippen LogP contribution is 2.22. The van der Waals surface area contributed by atoms with E-state index in [2.05, 4.69) is 27.9 Å². The molecular weight excluding hydrogens is 308 g/mol. The van der Waals surface area contributed by atoms with E-state index >= 15 is 0 Å². The minimum absolute atomic E-state index is 0.0652. The summed E-state index contributed by atoms with van der Waals surface area (Å²) in [7, 11) is 2.07. The van der Waals surface area contributed by atoms with Crippen molar-refractivity contribution in [1.29, 1.82) is 0 Å². The van der Waals surface area contributed by atoms with Gasteiger partial charge in [0.25, 0.3) is 5.91 Å². The number of rotatable bonds is 3. The van der Waals surface area contributed by atoms with Crippen LogP contribution in [-0.2, 0) is 4.79 Å². The third kappa shape index (κ3) is 3.94. The van der Waals surface area contributed by atoms with Gasteiger partial charge in [0, 0.05) is 30.7 Å². The first-order chi connectivity index (χ1) is 9.06. The van der Waals surface area contributed by atoms with Gasteiger partial charge < -0.3 is 14.5 Å². The van der Waals surface area contributed by atoms with Crippen LogP contribution < -0.4 is 4.74 Å². The first kappa shape index (κ1) is 14.3. The minimum Gasteiger partial charge on any atom is -0.483 e. The number of piperazine rings is 1. The van der Waals surface area contributed by atoms with E-state index in [0.717, 1.165) is 42.0 Å². The number of hydrogen-bond acceptors (Lipinski definition) is 3. The molecule has 0 bridgehead atoms. The number of likely N-dealkylation sites (N-methyl/N-ethyl adjacent to an activating group) is 1. The second kappa shape index (κ2) is 6.39. The first-order valence-electron chi connectivity index (χ1n) is 6.41. The molecule has 4 nitrogen and oxygen atoms in total. The molecule has 1 saturated heterocycles. The third-order valence-electron chi connectivity index (χ3n) is 3.34. The zero-order valence-electron chi connectivity index (χ0n) is 11.4. The van der Waals surface area contributed by atoms with Crippen LogP contribution in [0.2, 0.25) is 0 Å². The van der Waals surface area contributed by atoms with Gasteiger partial charge in [-0.1, -0.05) is 15.9 Å². The number of ether oxygens (including phenoxy) is 1. The Balaban J connectivity index is 1.86. The van der Waals surface area contributed by atoms with Gasteiger partial charge in [-0.25, -0.2) is 0 Å². The lowest BCUT2D eigenvalue weighted by Crippen LogP contribution is -2.48. The van der Waals surface area contributed by atoms with Gasteiger partial charge >= 0.3 is 0 Å². The lowest BCUT2D eigenvalue weighted by Gasteiger charge is -2.32. The summed E-state index contributed by atoms with van der Waals surface area (Å²) < 4.78 is 6.62. The van der Waals surface area contributed by atoms with Gasteiger partial charge in [0.2, 0.25) is 0 Å². The Morgan fingerprint density at radius 2 is 2.00 bits per heavy atom. The lowest BCUT2D eigenvalue weighted by atomic mass is 10.2. The highest BCUT2D eigenvalue weighted by molar-refractivity contribution is 9.10. The Labute approximate surface area is 122 Å². The number of hydrogen-bond donors (Lipinski definition) is 0. The number of amides is 1. The summed E-state index contributed by atoms with van der Waals surface area (Å²) in [6.07, 6.45) is 0. The van der Waals surface area contributed by atoms with Crippen LogP contribution in [-0.4, -0.2) is 55.5 Å². The molecule has 0 unspecified atom stereocenters. The fourth-order valence-corrected chi connectivity index (χ4v) is 2.54. The predicted molar refractivity (Wildman–Crippen MR) is 78.5 cm³/mol. The van der Waals surface area contributed by atoms with Crippen LogP contribution in [0.25, 0.3) is 0 Å². The van der Waals surface area contributed by atoms with Crippen molar-refractivity contribution >= 4 is 21.8 Å². The second-order valence-electron chi connectivity index (χ2n) is 4.88. The summed E-state index contributed by atoms with van der Waals surface area (Å²) in [5, 5.41) is 0. The maximum atomic E-state index is 12.0. The van der Waals surface area contributed by atoms with E-state index in [1.165, 1.54) is 0 Å². The summed E-state index contributed by atoms with van der Waals surface area (Å²) in [6, 6.07) is 5.79. The van der Waals surface area contributed by atoms with Gasteiger partial charge in [0.15, 0.2) is 6.61 Å². The van der Waals surface area contributed by atoms with Crippen LogP contribution in [0.4, 0.5) is 0 Å². The molecule has 1 amide bonds. The Bertz CT molecular complexity index is 457. The molecule has 104 valence electrons. The fraction of sp³-hybridized carbons (Fsp3) is 0.500. The Kier molecular flexibility index (Phi) is 4.82. The Hall–Kier alpha value is -1.07. The topological polar surface area (TPSA) is 32.8 Å². The van der Waals surface area contributed by atoms with E-state index in [1.54, 1.807) is 0 Å². The highest BCUT2D eigenvalue weighted by atomic mass is 79.9. The van der Waals surface area contributed by atoms with Crippen molar-refractivity contribution in [2.24, 2.45) is 0 Å². The van der Waals surface area contributed by atoms with E-state index < -0.39 is 0 Å². The van der Waals surface area contributed by atoms with Crippen molar-refractivity contribution in [2.45, 2.75) is 6.92 Å². The SMILES string of the molecule is Cc1cc(Br)ccc1OCC(=O)N1CCN(C)CC1. The van der Waals surface area contributed by atoms with Crippen LogP contribution in [0.5, 0.6) is 5.75 Å². The molecule has 1 aromatic rings. The molecule has 5 heteroatoms. The zero-order chi connectivity index (χ0) is 13.8. The summed E-state index contributed by atoms with van der Waals surface area (Å²) in [5.41, 5.74) is 1.03. The molecular formula is C14H19BrN2O2. The Morgan fingerprint density at radius 3 is 2.63 bits per heavy atom. The molecule has 2 rings (SSSR count). The van der Waals surface area contributed by atoms with Crippen molar-refractivity contribution in [3.05, 3.63) is 28.2 Å². The lowest BCUT2D eigenvalue weighted by molar-refractivity contribution is -0.134. The molecule has 0 spiro atoms. The molecule has 0 aliphatic carbocycles. The first-order valence-corrected chi connectivity index (χ1v) is 7.21. The number of benzene rings is 1. The molecule has 19 heavy (non-hydrogen) atoms. The molecule has 0 atom stereocenters. The van der Waals surface area contributed by atoms with Crippen molar-refractivity contribution < 1.29 is 9.53 Å². The summed E-state index contributed by atoms with van der Waals surface area (Å²) in [6.45, 7) is 5.54.